The van der Waals surface area contributed by atoms with Gasteiger partial charge < -0.3 is 0 Å². The number of aromatic nitrogens is 2. The highest BCUT2D eigenvalue weighted by atomic mass is 79.9. The molecule has 0 aliphatic heterocycles. The lowest BCUT2D eigenvalue weighted by Crippen LogP contribution is -2.24. The molecule has 0 unspecified atom stereocenters. The van der Waals surface area contributed by atoms with Gasteiger partial charge in [-0.15, -0.1) is 0 Å². The standard InChI is InChI=1S/C9H13BrN2OS/c1-7-11-6-8(10)9(13)12(7)4-3-5-14-2/h6H,3-5H2,1-2H3. The molecule has 1 heterocycles. The molecular weight excluding hydrogens is 264 g/mol. The van der Waals surface area contributed by atoms with E-state index in [1.807, 2.05) is 6.92 Å². The molecule has 14 heavy (non-hydrogen) atoms. The van der Waals surface area contributed by atoms with Crippen LogP contribution in [0.4, 0.5) is 0 Å². The third-order valence-electron chi connectivity index (χ3n) is 1.94. The number of rotatable bonds is 4. The van der Waals surface area contributed by atoms with Crippen molar-refractivity contribution in [3.05, 3.63) is 26.8 Å². The molecule has 0 aromatic carbocycles. The number of hydrogen-bond acceptors (Lipinski definition) is 3. The molecule has 0 saturated carbocycles. The van der Waals surface area contributed by atoms with E-state index in [-0.39, 0.29) is 5.56 Å². The number of hydrogen-bond donors (Lipinski definition) is 0. The van der Waals surface area contributed by atoms with E-state index in [1.54, 1.807) is 22.5 Å². The van der Waals surface area contributed by atoms with E-state index >= 15 is 0 Å². The molecule has 0 fully saturated rings. The number of halogens is 1. The van der Waals surface area contributed by atoms with Gasteiger partial charge >= 0.3 is 0 Å². The van der Waals surface area contributed by atoms with Crippen molar-refractivity contribution in [2.75, 3.05) is 12.0 Å². The lowest BCUT2D eigenvalue weighted by Gasteiger charge is -2.08. The van der Waals surface area contributed by atoms with Gasteiger partial charge in [-0.3, -0.25) is 9.36 Å². The number of thioether (sulfide) groups is 1. The average molecular weight is 277 g/mol. The first kappa shape index (κ1) is 11.8. The second-order valence-corrected chi connectivity index (χ2v) is 4.80. The van der Waals surface area contributed by atoms with Gasteiger partial charge in [0.05, 0.1) is 0 Å². The Labute approximate surface area is 96.1 Å². The summed E-state index contributed by atoms with van der Waals surface area (Å²) in [5.41, 5.74) is 0.0126. The minimum absolute atomic E-state index is 0.0126. The van der Waals surface area contributed by atoms with Crippen molar-refractivity contribution < 1.29 is 0 Å². The lowest BCUT2D eigenvalue weighted by atomic mass is 10.4. The fourth-order valence-corrected chi connectivity index (χ4v) is 1.92. The summed E-state index contributed by atoms with van der Waals surface area (Å²) in [5.74, 6) is 1.84. The summed E-state index contributed by atoms with van der Waals surface area (Å²) in [7, 11) is 0. The fraction of sp³-hybridized carbons (Fsp3) is 0.556. The Balaban J connectivity index is 2.84. The predicted octanol–water partition coefficient (Wildman–Crippen LogP) is 2.07. The van der Waals surface area contributed by atoms with Crippen LogP contribution in [0, 0.1) is 6.92 Å². The SMILES string of the molecule is CSCCCn1c(C)ncc(Br)c1=O. The van der Waals surface area contributed by atoms with E-state index < -0.39 is 0 Å². The molecule has 0 aliphatic carbocycles. The van der Waals surface area contributed by atoms with Crippen LogP contribution in [0.25, 0.3) is 0 Å². The van der Waals surface area contributed by atoms with E-state index in [0.29, 0.717) is 4.47 Å². The monoisotopic (exact) mass is 276 g/mol. The van der Waals surface area contributed by atoms with Gasteiger partial charge in [-0.1, -0.05) is 0 Å². The van der Waals surface area contributed by atoms with Gasteiger partial charge in [-0.25, -0.2) is 4.98 Å². The van der Waals surface area contributed by atoms with Crippen LogP contribution in [0.5, 0.6) is 0 Å². The van der Waals surface area contributed by atoms with E-state index in [2.05, 4.69) is 27.2 Å². The first-order chi connectivity index (χ1) is 6.66. The molecule has 0 aliphatic rings. The van der Waals surface area contributed by atoms with E-state index in [0.717, 1.165) is 24.5 Å². The summed E-state index contributed by atoms with van der Waals surface area (Å²) in [4.78, 5) is 15.8. The van der Waals surface area contributed by atoms with Crippen LogP contribution in [-0.4, -0.2) is 21.6 Å². The summed E-state index contributed by atoms with van der Waals surface area (Å²) in [6.45, 7) is 2.60. The molecule has 1 aromatic heterocycles. The van der Waals surface area contributed by atoms with Gasteiger partial charge in [-0.05, 0) is 41.3 Å². The first-order valence-electron chi connectivity index (χ1n) is 4.37. The van der Waals surface area contributed by atoms with Gasteiger partial charge in [-0.2, -0.15) is 11.8 Å². The van der Waals surface area contributed by atoms with E-state index in [1.165, 1.54) is 0 Å². The molecule has 0 spiro atoms. The van der Waals surface area contributed by atoms with Crippen molar-refractivity contribution in [2.24, 2.45) is 0 Å². The maximum Gasteiger partial charge on any atom is 0.267 e. The molecule has 3 nitrogen and oxygen atoms in total. The molecule has 0 bridgehead atoms. The first-order valence-corrected chi connectivity index (χ1v) is 6.56. The molecule has 0 saturated heterocycles. The van der Waals surface area contributed by atoms with Crippen LogP contribution >= 0.6 is 27.7 Å². The Morgan fingerprint density at radius 3 is 3.00 bits per heavy atom. The Morgan fingerprint density at radius 2 is 2.36 bits per heavy atom. The van der Waals surface area contributed by atoms with Crippen molar-refractivity contribution in [1.29, 1.82) is 0 Å². The highest BCUT2D eigenvalue weighted by molar-refractivity contribution is 9.10. The van der Waals surface area contributed by atoms with Crippen LogP contribution in [0.3, 0.4) is 0 Å². The molecule has 5 heteroatoms. The van der Waals surface area contributed by atoms with Gasteiger partial charge in [0.2, 0.25) is 0 Å². The number of aryl methyl sites for hydroxylation is 1. The maximum atomic E-state index is 11.7. The summed E-state index contributed by atoms with van der Waals surface area (Å²) in [6.07, 6.45) is 4.62. The quantitative estimate of drug-likeness (QED) is 0.790. The predicted molar refractivity (Wildman–Crippen MR) is 63.9 cm³/mol. The summed E-state index contributed by atoms with van der Waals surface area (Å²) in [5, 5.41) is 0. The molecule has 1 rings (SSSR count). The summed E-state index contributed by atoms with van der Waals surface area (Å²) >= 11 is 4.98. The normalized spacial score (nSPS) is 10.5. The molecule has 1 aromatic rings. The third kappa shape index (κ3) is 2.85. The summed E-state index contributed by atoms with van der Waals surface area (Å²) in [6, 6.07) is 0. The Hall–Kier alpha value is -0.290. The topological polar surface area (TPSA) is 34.9 Å². The lowest BCUT2D eigenvalue weighted by molar-refractivity contribution is 0.618. The van der Waals surface area contributed by atoms with Gasteiger partial charge in [0.1, 0.15) is 10.3 Å². The maximum absolute atomic E-state index is 11.7. The molecule has 0 radical (unpaired) electrons. The Bertz CT molecular complexity index is 364. The minimum Gasteiger partial charge on any atom is -0.296 e. The van der Waals surface area contributed by atoms with E-state index in [4.69, 9.17) is 0 Å². The molecule has 0 amide bonds. The number of nitrogens with zero attached hydrogens (tertiary/aromatic N) is 2. The smallest absolute Gasteiger partial charge is 0.267 e. The second-order valence-electron chi connectivity index (χ2n) is 2.96. The average Bonchev–Trinajstić information content (AvgIpc) is 2.18. The largest absolute Gasteiger partial charge is 0.296 e. The zero-order chi connectivity index (χ0) is 10.6. The van der Waals surface area contributed by atoms with Crippen LogP contribution in [0.1, 0.15) is 12.2 Å². The van der Waals surface area contributed by atoms with Crippen molar-refractivity contribution in [2.45, 2.75) is 19.9 Å². The molecule has 0 N–H and O–H groups in total. The van der Waals surface area contributed by atoms with Crippen molar-refractivity contribution in [1.82, 2.24) is 9.55 Å². The minimum atomic E-state index is 0.0126. The Kier molecular flexibility index (Phi) is 4.68. The zero-order valence-corrected chi connectivity index (χ0v) is 10.7. The van der Waals surface area contributed by atoms with Gasteiger partial charge in [0.25, 0.3) is 5.56 Å². The van der Waals surface area contributed by atoms with Crippen LogP contribution in [0.15, 0.2) is 15.5 Å². The van der Waals surface area contributed by atoms with Crippen molar-refractivity contribution in [3.8, 4) is 0 Å². The van der Waals surface area contributed by atoms with Crippen LogP contribution in [0.2, 0.25) is 0 Å². The zero-order valence-electron chi connectivity index (χ0n) is 8.29. The van der Waals surface area contributed by atoms with Crippen LogP contribution in [-0.2, 0) is 6.54 Å². The Morgan fingerprint density at radius 1 is 1.64 bits per heavy atom. The molecule has 78 valence electrons. The highest BCUT2D eigenvalue weighted by Crippen LogP contribution is 2.03. The van der Waals surface area contributed by atoms with Gasteiger partial charge in [0, 0.05) is 12.7 Å². The summed E-state index contributed by atoms with van der Waals surface area (Å²) < 4.78 is 2.24. The van der Waals surface area contributed by atoms with E-state index in [9.17, 15) is 4.79 Å². The van der Waals surface area contributed by atoms with Gasteiger partial charge in [0.15, 0.2) is 0 Å². The highest BCUT2D eigenvalue weighted by Gasteiger charge is 2.04. The molecule has 0 atom stereocenters. The van der Waals surface area contributed by atoms with Crippen molar-refractivity contribution >= 4 is 27.7 Å². The third-order valence-corrected chi connectivity index (χ3v) is 3.18. The molecular formula is C9H13BrN2OS. The fourth-order valence-electron chi connectivity index (χ4n) is 1.18. The van der Waals surface area contributed by atoms with Crippen molar-refractivity contribution in [3.63, 3.8) is 0 Å². The van der Waals surface area contributed by atoms with Crippen LogP contribution < -0.4 is 5.56 Å². The second kappa shape index (κ2) is 5.56.